The zero-order valence-electron chi connectivity index (χ0n) is 12.1. The number of nitrogens with two attached hydrogens (primary N) is 1. The lowest BCUT2D eigenvalue weighted by atomic mass is 9.93. The summed E-state index contributed by atoms with van der Waals surface area (Å²) in [5.41, 5.74) is 7.68. The predicted molar refractivity (Wildman–Crippen MR) is 86.8 cm³/mol. The van der Waals surface area contributed by atoms with Crippen LogP contribution in [-0.2, 0) is 4.74 Å². The van der Waals surface area contributed by atoms with Gasteiger partial charge in [0, 0.05) is 25.2 Å². The number of hydrogen-bond donors (Lipinski definition) is 2. The Hall–Kier alpha value is -1.36. The van der Waals surface area contributed by atoms with E-state index in [1.165, 1.54) is 12.8 Å². The molecule has 0 saturated heterocycles. The van der Waals surface area contributed by atoms with Gasteiger partial charge in [-0.05, 0) is 43.0 Å². The fraction of sp³-hybridized carbons (Fsp3) is 0.438. The molecule has 2 aromatic rings. The predicted octanol–water partition coefficient (Wildman–Crippen LogP) is 3.05. The van der Waals surface area contributed by atoms with Gasteiger partial charge in [-0.3, -0.25) is 4.98 Å². The van der Waals surface area contributed by atoms with Crippen LogP contribution in [0.3, 0.4) is 0 Å². The maximum absolute atomic E-state index is 6.25. The van der Waals surface area contributed by atoms with Crippen molar-refractivity contribution in [2.45, 2.75) is 18.4 Å². The highest BCUT2D eigenvalue weighted by Crippen LogP contribution is 2.42. The topological polar surface area (TPSA) is 60.2 Å². The standard InChI is InChI=1S/C16H20ClN3O/c1-21-10-16(9-18,11-4-5-11)20-14-7-6-13(17)12-3-2-8-19-15(12)14/h2-3,6-8,11,20H,4-5,9-10,18H2,1H3. The van der Waals surface area contributed by atoms with E-state index in [-0.39, 0.29) is 5.54 Å². The van der Waals surface area contributed by atoms with Gasteiger partial charge in [0.15, 0.2) is 0 Å². The van der Waals surface area contributed by atoms with E-state index in [2.05, 4.69) is 10.3 Å². The molecule has 5 heteroatoms. The van der Waals surface area contributed by atoms with Gasteiger partial charge >= 0.3 is 0 Å². The quantitative estimate of drug-likeness (QED) is 0.861. The highest BCUT2D eigenvalue weighted by Gasteiger charge is 2.44. The van der Waals surface area contributed by atoms with Crippen molar-refractivity contribution in [2.75, 3.05) is 25.6 Å². The fourth-order valence-electron chi connectivity index (χ4n) is 2.93. The van der Waals surface area contributed by atoms with Gasteiger partial charge in [0.2, 0.25) is 0 Å². The van der Waals surface area contributed by atoms with Crippen LogP contribution in [0.15, 0.2) is 30.5 Å². The summed E-state index contributed by atoms with van der Waals surface area (Å²) in [6.07, 6.45) is 4.15. The van der Waals surface area contributed by atoms with E-state index < -0.39 is 0 Å². The van der Waals surface area contributed by atoms with Crippen molar-refractivity contribution in [2.24, 2.45) is 11.7 Å². The number of fused-ring (bicyclic) bond motifs is 1. The molecule has 112 valence electrons. The van der Waals surface area contributed by atoms with Crippen LogP contribution in [0.5, 0.6) is 0 Å². The van der Waals surface area contributed by atoms with Gasteiger partial charge in [-0.15, -0.1) is 0 Å². The summed E-state index contributed by atoms with van der Waals surface area (Å²) in [6.45, 7) is 1.12. The van der Waals surface area contributed by atoms with Crippen LogP contribution < -0.4 is 11.1 Å². The largest absolute Gasteiger partial charge is 0.382 e. The Labute approximate surface area is 129 Å². The number of nitrogens with zero attached hydrogens (tertiary/aromatic N) is 1. The van der Waals surface area contributed by atoms with Gasteiger partial charge in [0.1, 0.15) is 0 Å². The van der Waals surface area contributed by atoms with Gasteiger partial charge in [-0.1, -0.05) is 11.6 Å². The van der Waals surface area contributed by atoms with Gasteiger partial charge in [0.05, 0.1) is 28.4 Å². The second-order valence-electron chi connectivity index (χ2n) is 5.69. The van der Waals surface area contributed by atoms with Gasteiger partial charge < -0.3 is 15.8 Å². The average Bonchev–Trinajstić information content (AvgIpc) is 3.35. The van der Waals surface area contributed by atoms with Crippen molar-refractivity contribution in [1.82, 2.24) is 4.98 Å². The molecule has 1 saturated carbocycles. The number of methoxy groups -OCH3 is 1. The Morgan fingerprint density at radius 1 is 1.43 bits per heavy atom. The minimum Gasteiger partial charge on any atom is -0.382 e. The normalized spacial score (nSPS) is 17.7. The number of hydrogen-bond acceptors (Lipinski definition) is 4. The summed E-state index contributed by atoms with van der Waals surface area (Å²) in [5, 5.41) is 5.26. The van der Waals surface area contributed by atoms with Gasteiger partial charge in [-0.25, -0.2) is 0 Å². The minimum atomic E-state index is -0.229. The summed E-state index contributed by atoms with van der Waals surface area (Å²) >= 11 is 6.25. The number of aromatic nitrogens is 1. The highest BCUT2D eigenvalue weighted by atomic mass is 35.5. The van der Waals surface area contributed by atoms with E-state index >= 15 is 0 Å². The Balaban J connectivity index is 2.02. The number of benzene rings is 1. The summed E-state index contributed by atoms with van der Waals surface area (Å²) in [6, 6.07) is 7.74. The lowest BCUT2D eigenvalue weighted by molar-refractivity contribution is 0.135. The molecule has 1 aliphatic rings. The average molecular weight is 306 g/mol. The van der Waals surface area contributed by atoms with Crippen LogP contribution in [0.1, 0.15) is 12.8 Å². The summed E-state index contributed by atoms with van der Waals surface area (Å²) in [7, 11) is 1.71. The monoisotopic (exact) mass is 305 g/mol. The van der Waals surface area contributed by atoms with E-state index in [4.69, 9.17) is 22.1 Å². The minimum absolute atomic E-state index is 0.229. The van der Waals surface area contributed by atoms with Crippen LogP contribution in [0.2, 0.25) is 5.02 Å². The molecule has 0 bridgehead atoms. The second kappa shape index (κ2) is 5.79. The zero-order valence-corrected chi connectivity index (χ0v) is 12.9. The number of pyridine rings is 1. The molecular weight excluding hydrogens is 286 g/mol. The lowest BCUT2D eigenvalue weighted by Crippen LogP contribution is -2.51. The van der Waals surface area contributed by atoms with Crippen molar-refractivity contribution < 1.29 is 4.74 Å². The van der Waals surface area contributed by atoms with Crippen LogP contribution in [0.4, 0.5) is 5.69 Å². The number of rotatable bonds is 6. The maximum Gasteiger partial charge on any atom is 0.0948 e. The maximum atomic E-state index is 6.25. The summed E-state index contributed by atoms with van der Waals surface area (Å²) in [4.78, 5) is 4.47. The first-order chi connectivity index (χ1) is 10.2. The van der Waals surface area contributed by atoms with Gasteiger partial charge in [-0.2, -0.15) is 0 Å². The Bertz CT molecular complexity index is 644. The van der Waals surface area contributed by atoms with E-state index in [1.54, 1.807) is 13.3 Å². The van der Waals surface area contributed by atoms with Crippen LogP contribution in [0.25, 0.3) is 10.9 Å². The highest BCUT2D eigenvalue weighted by molar-refractivity contribution is 6.35. The molecule has 0 amide bonds. The summed E-state index contributed by atoms with van der Waals surface area (Å²) in [5.74, 6) is 0.553. The molecule has 21 heavy (non-hydrogen) atoms. The van der Waals surface area contributed by atoms with E-state index in [0.29, 0.717) is 24.1 Å². The van der Waals surface area contributed by atoms with Crippen LogP contribution >= 0.6 is 11.6 Å². The molecule has 1 fully saturated rings. The smallest absolute Gasteiger partial charge is 0.0948 e. The van der Waals surface area contributed by atoms with Gasteiger partial charge in [0.25, 0.3) is 0 Å². The van der Waals surface area contributed by atoms with Crippen molar-refractivity contribution in [3.63, 3.8) is 0 Å². The molecule has 3 rings (SSSR count). The first kappa shape index (κ1) is 14.6. The fourth-order valence-corrected chi connectivity index (χ4v) is 3.15. The zero-order chi connectivity index (χ0) is 14.9. The molecule has 4 nitrogen and oxygen atoms in total. The van der Waals surface area contributed by atoms with Crippen molar-refractivity contribution in [3.05, 3.63) is 35.5 Å². The van der Waals surface area contributed by atoms with Crippen molar-refractivity contribution >= 4 is 28.2 Å². The molecule has 1 aliphatic carbocycles. The van der Waals surface area contributed by atoms with E-state index in [9.17, 15) is 0 Å². The Morgan fingerprint density at radius 3 is 2.90 bits per heavy atom. The molecule has 0 spiro atoms. The van der Waals surface area contributed by atoms with E-state index in [0.717, 1.165) is 16.6 Å². The molecule has 1 aromatic carbocycles. The van der Waals surface area contributed by atoms with Crippen LogP contribution in [-0.4, -0.2) is 30.8 Å². The van der Waals surface area contributed by atoms with Crippen molar-refractivity contribution in [1.29, 1.82) is 0 Å². The molecule has 0 radical (unpaired) electrons. The molecular formula is C16H20ClN3O. The van der Waals surface area contributed by atoms with E-state index in [1.807, 2.05) is 24.3 Å². The Morgan fingerprint density at radius 2 is 2.24 bits per heavy atom. The first-order valence-electron chi connectivity index (χ1n) is 7.20. The lowest BCUT2D eigenvalue weighted by Gasteiger charge is -2.34. The third-order valence-electron chi connectivity index (χ3n) is 4.23. The second-order valence-corrected chi connectivity index (χ2v) is 6.09. The Kier molecular flexibility index (Phi) is 4.02. The first-order valence-corrected chi connectivity index (χ1v) is 7.58. The SMILES string of the molecule is COCC(CN)(Nc1ccc(Cl)c2cccnc12)C1CC1. The van der Waals surface area contributed by atoms with Crippen LogP contribution in [0, 0.1) is 5.92 Å². The molecule has 3 N–H and O–H groups in total. The third-order valence-corrected chi connectivity index (χ3v) is 4.55. The van der Waals surface area contributed by atoms with Crippen molar-refractivity contribution in [3.8, 4) is 0 Å². The molecule has 1 atom stereocenters. The molecule has 1 heterocycles. The summed E-state index contributed by atoms with van der Waals surface area (Å²) < 4.78 is 5.42. The molecule has 0 aliphatic heterocycles. The number of nitrogens with one attached hydrogen (secondary N) is 1. The molecule has 1 unspecified atom stereocenters. The molecule has 1 aromatic heterocycles. The number of ether oxygens (including phenoxy) is 1. The number of halogens is 1. The number of anilines is 1. The third kappa shape index (κ3) is 2.71.